The van der Waals surface area contributed by atoms with E-state index in [0.29, 0.717) is 5.16 Å². The molecule has 20 heavy (non-hydrogen) atoms. The van der Waals surface area contributed by atoms with Crippen LogP contribution < -0.4 is 0 Å². The maximum Gasteiger partial charge on any atom is 0.235 e. The van der Waals surface area contributed by atoms with Crippen molar-refractivity contribution in [1.29, 1.82) is 0 Å². The van der Waals surface area contributed by atoms with E-state index in [1.165, 1.54) is 11.8 Å². The molecule has 1 aliphatic heterocycles. The molecule has 0 saturated carbocycles. The Morgan fingerprint density at radius 3 is 2.95 bits per heavy atom. The van der Waals surface area contributed by atoms with Crippen LogP contribution in [0.5, 0.6) is 0 Å². The van der Waals surface area contributed by atoms with E-state index in [1.54, 1.807) is 9.58 Å². The van der Waals surface area contributed by atoms with E-state index >= 15 is 0 Å². The van der Waals surface area contributed by atoms with Crippen molar-refractivity contribution < 1.29 is 4.79 Å². The zero-order valence-electron chi connectivity index (χ0n) is 11.4. The van der Waals surface area contributed by atoms with Crippen LogP contribution in [0.25, 0.3) is 5.69 Å². The fourth-order valence-corrected chi connectivity index (χ4v) is 3.29. The molecule has 1 aliphatic rings. The lowest BCUT2D eigenvalue weighted by atomic mass is 10.2. The smallest absolute Gasteiger partial charge is 0.235 e. The molecule has 1 amide bonds. The van der Waals surface area contributed by atoms with Crippen LogP contribution in [0, 0.1) is 6.92 Å². The Bertz CT molecular complexity index is 641. The average Bonchev–Trinajstić information content (AvgIpc) is 3.01. The second kappa shape index (κ2) is 5.24. The molecule has 2 aromatic rings. The van der Waals surface area contributed by atoms with Crippen LogP contribution in [0.15, 0.2) is 29.4 Å². The number of carbonyl (C=O) groups excluding carboxylic acids is 1. The van der Waals surface area contributed by atoms with Crippen molar-refractivity contribution in [3.63, 3.8) is 0 Å². The lowest BCUT2D eigenvalue weighted by molar-refractivity contribution is -0.126. The predicted molar refractivity (Wildman–Crippen MR) is 75.8 cm³/mol. The van der Waals surface area contributed by atoms with Crippen molar-refractivity contribution in [2.75, 3.05) is 13.6 Å². The van der Waals surface area contributed by atoms with Crippen LogP contribution in [-0.4, -0.2) is 49.9 Å². The molecule has 1 saturated heterocycles. The largest absolute Gasteiger partial charge is 0.345 e. The van der Waals surface area contributed by atoms with E-state index in [4.69, 9.17) is 0 Å². The number of benzene rings is 1. The summed E-state index contributed by atoms with van der Waals surface area (Å²) in [5.41, 5.74) is 2.06. The summed E-state index contributed by atoms with van der Waals surface area (Å²) in [4.78, 5) is 13.7. The Balaban J connectivity index is 1.86. The summed E-state index contributed by atoms with van der Waals surface area (Å²) in [6, 6.07) is 7.96. The summed E-state index contributed by atoms with van der Waals surface area (Å²) in [5, 5.41) is 12.4. The molecule has 3 rings (SSSR count). The number of thioether (sulfide) groups is 1. The van der Waals surface area contributed by atoms with Gasteiger partial charge in [0.15, 0.2) is 0 Å². The van der Waals surface area contributed by atoms with Gasteiger partial charge in [-0.2, -0.15) is 4.68 Å². The summed E-state index contributed by atoms with van der Waals surface area (Å²) in [6.45, 7) is 2.82. The maximum absolute atomic E-state index is 12.0. The van der Waals surface area contributed by atoms with Gasteiger partial charge in [0.1, 0.15) is 0 Å². The SMILES string of the molecule is Cc1cccc(-n2nnnc2SC2CCN(C)C2=O)c1. The first-order valence-electron chi connectivity index (χ1n) is 6.42. The summed E-state index contributed by atoms with van der Waals surface area (Å²) in [7, 11) is 1.83. The zero-order chi connectivity index (χ0) is 14.1. The van der Waals surface area contributed by atoms with Crippen molar-refractivity contribution in [3.8, 4) is 5.69 Å². The molecule has 0 spiro atoms. The zero-order valence-corrected chi connectivity index (χ0v) is 12.2. The minimum absolute atomic E-state index is 0.0884. The summed E-state index contributed by atoms with van der Waals surface area (Å²) < 4.78 is 1.68. The molecule has 104 valence electrons. The van der Waals surface area contributed by atoms with Gasteiger partial charge in [0.2, 0.25) is 11.1 Å². The fraction of sp³-hybridized carbons (Fsp3) is 0.385. The van der Waals surface area contributed by atoms with Crippen LogP contribution in [0.1, 0.15) is 12.0 Å². The Hall–Kier alpha value is -1.89. The molecule has 1 aromatic carbocycles. The highest BCUT2D eigenvalue weighted by molar-refractivity contribution is 8.00. The van der Waals surface area contributed by atoms with Gasteiger partial charge in [0.05, 0.1) is 10.9 Å². The molecule has 1 atom stereocenters. The topological polar surface area (TPSA) is 63.9 Å². The number of hydrogen-bond acceptors (Lipinski definition) is 5. The van der Waals surface area contributed by atoms with Crippen LogP contribution in [0.4, 0.5) is 0 Å². The third-order valence-corrected chi connectivity index (χ3v) is 4.50. The van der Waals surface area contributed by atoms with E-state index in [-0.39, 0.29) is 11.2 Å². The molecular formula is C13H15N5OS. The Morgan fingerprint density at radius 2 is 2.25 bits per heavy atom. The van der Waals surface area contributed by atoms with Crippen LogP contribution >= 0.6 is 11.8 Å². The molecule has 0 N–H and O–H groups in total. The molecule has 0 bridgehead atoms. The first-order valence-corrected chi connectivity index (χ1v) is 7.30. The van der Waals surface area contributed by atoms with Crippen molar-refractivity contribution in [1.82, 2.24) is 25.1 Å². The van der Waals surface area contributed by atoms with Gasteiger partial charge >= 0.3 is 0 Å². The van der Waals surface area contributed by atoms with E-state index in [0.717, 1.165) is 24.2 Å². The van der Waals surface area contributed by atoms with Gasteiger partial charge in [-0.3, -0.25) is 4.79 Å². The van der Waals surface area contributed by atoms with E-state index in [1.807, 2.05) is 38.2 Å². The third kappa shape index (κ3) is 2.40. The normalized spacial score (nSPS) is 18.8. The number of likely N-dealkylation sites (tertiary alicyclic amines) is 1. The van der Waals surface area contributed by atoms with E-state index < -0.39 is 0 Å². The van der Waals surface area contributed by atoms with E-state index in [9.17, 15) is 4.79 Å². The highest BCUT2D eigenvalue weighted by atomic mass is 32.2. The van der Waals surface area contributed by atoms with Crippen molar-refractivity contribution in [3.05, 3.63) is 29.8 Å². The molecule has 7 heteroatoms. The number of hydrogen-bond donors (Lipinski definition) is 0. The first kappa shape index (κ1) is 13.1. The van der Waals surface area contributed by atoms with Crippen molar-refractivity contribution in [2.24, 2.45) is 0 Å². The number of aryl methyl sites for hydroxylation is 1. The first-order chi connectivity index (χ1) is 9.65. The average molecular weight is 289 g/mol. The van der Waals surface area contributed by atoms with Gasteiger partial charge in [-0.15, -0.1) is 5.10 Å². The fourth-order valence-electron chi connectivity index (χ4n) is 2.20. The number of amides is 1. The lowest BCUT2D eigenvalue weighted by Gasteiger charge is -2.10. The molecule has 1 aromatic heterocycles. The van der Waals surface area contributed by atoms with Crippen LogP contribution in [-0.2, 0) is 4.79 Å². The van der Waals surface area contributed by atoms with Gasteiger partial charge in [-0.25, -0.2) is 0 Å². The summed E-state index contributed by atoms with van der Waals surface area (Å²) in [5.74, 6) is 0.147. The number of tetrazole rings is 1. The second-order valence-electron chi connectivity index (χ2n) is 4.87. The standard InChI is InChI=1S/C13H15N5OS/c1-9-4-3-5-10(8-9)18-13(14-15-16-18)20-11-6-7-17(2)12(11)19/h3-5,8,11H,6-7H2,1-2H3. The minimum Gasteiger partial charge on any atom is -0.345 e. The molecule has 1 fully saturated rings. The van der Waals surface area contributed by atoms with Gasteiger partial charge in [0.25, 0.3) is 0 Å². The molecular weight excluding hydrogens is 274 g/mol. The Kier molecular flexibility index (Phi) is 3.43. The van der Waals surface area contributed by atoms with Crippen LogP contribution in [0.2, 0.25) is 0 Å². The quantitative estimate of drug-likeness (QED) is 0.852. The number of rotatable bonds is 3. The highest BCUT2D eigenvalue weighted by Gasteiger charge is 2.31. The Morgan fingerprint density at radius 1 is 1.40 bits per heavy atom. The third-order valence-electron chi connectivity index (χ3n) is 3.31. The van der Waals surface area contributed by atoms with Gasteiger partial charge in [-0.1, -0.05) is 23.9 Å². The maximum atomic E-state index is 12.0. The predicted octanol–water partition coefficient (Wildman–Crippen LogP) is 1.29. The lowest BCUT2D eigenvalue weighted by Crippen LogP contribution is -2.24. The summed E-state index contributed by atoms with van der Waals surface area (Å²) >= 11 is 1.43. The van der Waals surface area contributed by atoms with Crippen molar-refractivity contribution >= 4 is 17.7 Å². The Labute approximate surface area is 121 Å². The van der Waals surface area contributed by atoms with Gasteiger partial charge in [-0.05, 0) is 41.5 Å². The van der Waals surface area contributed by atoms with E-state index in [2.05, 4.69) is 15.5 Å². The van der Waals surface area contributed by atoms with Crippen LogP contribution in [0.3, 0.4) is 0 Å². The molecule has 0 radical (unpaired) electrons. The number of aromatic nitrogens is 4. The molecule has 6 nitrogen and oxygen atoms in total. The number of carbonyl (C=O) groups is 1. The number of nitrogens with zero attached hydrogens (tertiary/aromatic N) is 5. The van der Waals surface area contributed by atoms with Gasteiger partial charge < -0.3 is 4.90 Å². The minimum atomic E-state index is -0.0884. The van der Waals surface area contributed by atoms with Crippen molar-refractivity contribution in [2.45, 2.75) is 23.8 Å². The summed E-state index contributed by atoms with van der Waals surface area (Å²) in [6.07, 6.45) is 0.834. The molecule has 0 aliphatic carbocycles. The highest BCUT2D eigenvalue weighted by Crippen LogP contribution is 2.29. The molecule has 2 heterocycles. The monoisotopic (exact) mass is 289 g/mol. The molecule has 1 unspecified atom stereocenters. The second-order valence-corrected chi connectivity index (χ2v) is 6.04. The van der Waals surface area contributed by atoms with Gasteiger partial charge in [0, 0.05) is 13.6 Å².